The maximum Gasteiger partial charge on any atom is 0.248 e. The molecule has 1 amide bonds. The normalized spacial score (nSPS) is 10.4. The van der Waals surface area contributed by atoms with Crippen molar-refractivity contribution in [3.05, 3.63) is 35.4 Å². The monoisotopic (exact) mass is 361 g/mol. The molecule has 0 heterocycles. The lowest BCUT2D eigenvalue weighted by Crippen LogP contribution is -2.30. The fourth-order valence-corrected chi connectivity index (χ4v) is 2.39. The highest BCUT2D eigenvalue weighted by Gasteiger charge is 2.10. The number of Topliss-reactive ketones (excluding diaryl/α,β-unsaturated/α-hetero) is 3. The van der Waals surface area contributed by atoms with Crippen LogP contribution in [0.3, 0.4) is 0 Å². The Balaban J connectivity index is 2.38. The summed E-state index contributed by atoms with van der Waals surface area (Å²) in [7, 11) is 1.70. The summed E-state index contributed by atoms with van der Waals surface area (Å²) in [6.45, 7) is 3.76. The predicted molar refractivity (Wildman–Crippen MR) is 97.7 cm³/mol. The van der Waals surface area contributed by atoms with Gasteiger partial charge in [0.15, 0.2) is 0 Å². The topological polar surface area (TPSA) is 80.8 Å². The average molecular weight is 361 g/mol. The Labute approximate surface area is 154 Å². The van der Waals surface area contributed by atoms with Gasteiger partial charge in [-0.1, -0.05) is 24.3 Å². The van der Waals surface area contributed by atoms with E-state index in [0.717, 1.165) is 11.1 Å². The van der Waals surface area contributed by atoms with E-state index in [4.69, 9.17) is 4.74 Å². The molecular weight excluding hydrogens is 334 g/mol. The van der Waals surface area contributed by atoms with E-state index < -0.39 is 0 Å². The summed E-state index contributed by atoms with van der Waals surface area (Å²) in [5.74, 6) is -0.244. The molecule has 0 unspecified atom stereocenters. The van der Waals surface area contributed by atoms with Gasteiger partial charge in [0.2, 0.25) is 5.91 Å². The second-order valence-corrected chi connectivity index (χ2v) is 6.52. The molecule has 0 N–H and O–H groups in total. The fraction of sp³-hybridized carbons (Fsp3) is 0.500. The van der Waals surface area contributed by atoms with Crippen LogP contribution in [0, 0.1) is 0 Å². The molecule has 0 aliphatic heterocycles. The van der Waals surface area contributed by atoms with Gasteiger partial charge in [-0.25, -0.2) is 0 Å². The SMILES string of the molecule is CC(=O)CCCOCC(=O)N(C)Cc1ccc(CC(=O)CC(C)=O)cc1. The van der Waals surface area contributed by atoms with Crippen molar-refractivity contribution < 1.29 is 23.9 Å². The smallest absolute Gasteiger partial charge is 0.248 e. The standard InChI is InChI=1S/C20H27NO5/c1-15(22)5-4-10-26-14-20(25)21(3)13-18-8-6-17(7-9-18)12-19(24)11-16(2)23/h6-9H,4-5,10-14H2,1-3H3. The third-order valence-corrected chi connectivity index (χ3v) is 3.76. The highest BCUT2D eigenvalue weighted by atomic mass is 16.5. The Morgan fingerprint density at radius 3 is 2.15 bits per heavy atom. The maximum atomic E-state index is 12.0. The number of nitrogens with zero attached hydrogens (tertiary/aromatic N) is 1. The second-order valence-electron chi connectivity index (χ2n) is 6.52. The van der Waals surface area contributed by atoms with E-state index in [0.29, 0.717) is 26.0 Å². The molecule has 6 nitrogen and oxygen atoms in total. The molecule has 1 rings (SSSR count). The number of rotatable bonds is 12. The lowest BCUT2D eigenvalue weighted by Gasteiger charge is -2.17. The van der Waals surface area contributed by atoms with Gasteiger partial charge in [-0.05, 0) is 31.4 Å². The molecule has 0 aliphatic rings. The molecule has 0 fully saturated rings. The van der Waals surface area contributed by atoms with Crippen LogP contribution in [0.4, 0.5) is 0 Å². The molecule has 0 aromatic heterocycles. The number of carbonyl (C=O) groups excluding carboxylic acids is 4. The van der Waals surface area contributed by atoms with Crippen LogP contribution >= 0.6 is 0 Å². The zero-order valence-electron chi connectivity index (χ0n) is 15.7. The van der Waals surface area contributed by atoms with E-state index in [1.807, 2.05) is 24.3 Å². The summed E-state index contributed by atoms with van der Waals surface area (Å²) in [4.78, 5) is 47.0. The second kappa shape index (κ2) is 11.3. The zero-order valence-corrected chi connectivity index (χ0v) is 15.7. The summed E-state index contributed by atoms with van der Waals surface area (Å²) in [5.41, 5.74) is 1.79. The van der Waals surface area contributed by atoms with Crippen molar-refractivity contribution in [2.45, 2.75) is 46.1 Å². The van der Waals surface area contributed by atoms with Gasteiger partial charge in [-0.3, -0.25) is 14.4 Å². The number of benzene rings is 1. The van der Waals surface area contributed by atoms with Crippen molar-refractivity contribution in [3.8, 4) is 0 Å². The van der Waals surface area contributed by atoms with Gasteiger partial charge in [-0.2, -0.15) is 0 Å². The van der Waals surface area contributed by atoms with Crippen LogP contribution < -0.4 is 0 Å². The minimum atomic E-state index is -0.131. The highest BCUT2D eigenvalue weighted by Crippen LogP contribution is 2.09. The molecular formula is C20H27NO5. The van der Waals surface area contributed by atoms with Crippen LogP contribution in [-0.4, -0.2) is 48.4 Å². The van der Waals surface area contributed by atoms with Crippen molar-refractivity contribution in [2.75, 3.05) is 20.3 Å². The van der Waals surface area contributed by atoms with Crippen molar-refractivity contribution in [1.29, 1.82) is 0 Å². The Bertz CT molecular complexity index is 636. The van der Waals surface area contributed by atoms with Crippen molar-refractivity contribution >= 4 is 23.3 Å². The summed E-state index contributed by atoms with van der Waals surface area (Å²) >= 11 is 0. The summed E-state index contributed by atoms with van der Waals surface area (Å²) in [6.07, 6.45) is 1.29. The largest absolute Gasteiger partial charge is 0.372 e. The van der Waals surface area contributed by atoms with Crippen molar-refractivity contribution in [2.24, 2.45) is 0 Å². The predicted octanol–water partition coefficient (Wildman–Crippen LogP) is 2.12. The van der Waals surface area contributed by atoms with Crippen LogP contribution in [-0.2, 0) is 36.9 Å². The van der Waals surface area contributed by atoms with E-state index in [1.54, 1.807) is 11.9 Å². The number of hydrogen-bond donors (Lipinski definition) is 0. The van der Waals surface area contributed by atoms with Gasteiger partial charge in [0, 0.05) is 33.0 Å². The molecule has 142 valence electrons. The van der Waals surface area contributed by atoms with Crippen LogP contribution in [0.2, 0.25) is 0 Å². The molecule has 1 aromatic rings. The fourth-order valence-electron chi connectivity index (χ4n) is 2.39. The van der Waals surface area contributed by atoms with Gasteiger partial charge >= 0.3 is 0 Å². The quantitative estimate of drug-likeness (QED) is 0.421. The van der Waals surface area contributed by atoms with Crippen LogP contribution in [0.25, 0.3) is 0 Å². The first-order valence-electron chi connectivity index (χ1n) is 8.68. The molecule has 0 saturated carbocycles. The van der Waals surface area contributed by atoms with E-state index >= 15 is 0 Å². The zero-order chi connectivity index (χ0) is 19.5. The molecule has 0 spiro atoms. The summed E-state index contributed by atoms with van der Waals surface area (Å²) < 4.78 is 5.29. The molecule has 0 atom stereocenters. The van der Waals surface area contributed by atoms with E-state index in [2.05, 4.69) is 0 Å². The molecule has 1 aromatic carbocycles. The Morgan fingerprint density at radius 1 is 0.962 bits per heavy atom. The van der Waals surface area contributed by atoms with E-state index in [1.165, 1.54) is 13.8 Å². The lowest BCUT2D eigenvalue weighted by atomic mass is 10.0. The molecule has 0 bridgehead atoms. The van der Waals surface area contributed by atoms with Crippen molar-refractivity contribution in [1.82, 2.24) is 4.90 Å². The number of hydrogen-bond acceptors (Lipinski definition) is 5. The molecule has 0 saturated heterocycles. The number of ether oxygens (including phenoxy) is 1. The summed E-state index contributed by atoms with van der Waals surface area (Å²) in [5, 5.41) is 0. The third kappa shape index (κ3) is 9.22. The Hall–Kier alpha value is -2.34. The van der Waals surface area contributed by atoms with Gasteiger partial charge in [0.05, 0.1) is 6.42 Å². The third-order valence-electron chi connectivity index (χ3n) is 3.76. The molecule has 6 heteroatoms. The lowest BCUT2D eigenvalue weighted by molar-refractivity contribution is -0.135. The van der Waals surface area contributed by atoms with Crippen LogP contribution in [0.1, 0.15) is 44.2 Å². The number of carbonyl (C=O) groups is 4. The number of ketones is 3. The maximum absolute atomic E-state index is 12.0. The van der Waals surface area contributed by atoms with Crippen LogP contribution in [0.15, 0.2) is 24.3 Å². The molecule has 26 heavy (non-hydrogen) atoms. The van der Waals surface area contributed by atoms with Gasteiger partial charge < -0.3 is 14.4 Å². The van der Waals surface area contributed by atoms with E-state index in [-0.39, 0.29) is 42.7 Å². The first kappa shape index (κ1) is 21.7. The Morgan fingerprint density at radius 2 is 1.58 bits per heavy atom. The number of amides is 1. The highest BCUT2D eigenvalue weighted by molar-refractivity contribution is 5.98. The minimum absolute atomic E-state index is 0.00790. The first-order valence-corrected chi connectivity index (χ1v) is 8.68. The average Bonchev–Trinajstić information content (AvgIpc) is 2.55. The van der Waals surface area contributed by atoms with Gasteiger partial charge in [0.25, 0.3) is 0 Å². The molecule has 0 radical (unpaired) electrons. The first-order chi connectivity index (χ1) is 12.3. The summed E-state index contributed by atoms with van der Waals surface area (Å²) in [6, 6.07) is 7.41. The molecule has 0 aliphatic carbocycles. The van der Waals surface area contributed by atoms with Crippen LogP contribution in [0.5, 0.6) is 0 Å². The van der Waals surface area contributed by atoms with E-state index in [9.17, 15) is 19.2 Å². The minimum Gasteiger partial charge on any atom is -0.372 e. The Kier molecular flexibility index (Phi) is 9.44. The van der Waals surface area contributed by atoms with Crippen molar-refractivity contribution in [3.63, 3.8) is 0 Å². The van der Waals surface area contributed by atoms with Gasteiger partial charge in [0.1, 0.15) is 24.0 Å². The number of likely N-dealkylation sites (N-methyl/N-ethyl adjacent to an activating group) is 1. The van der Waals surface area contributed by atoms with Gasteiger partial charge in [-0.15, -0.1) is 0 Å².